The number of ketones is 1. The van der Waals surface area contributed by atoms with Gasteiger partial charge in [0.15, 0.2) is 5.78 Å². The van der Waals surface area contributed by atoms with Crippen molar-refractivity contribution in [3.05, 3.63) is 75.3 Å². The van der Waals surface area contributed by atoms with Gasteiger partial charge in [0.2, 0.25) is 0 Å². The number of carbonyl (C=O) groups excluding carboxylic acids is 1. The van der Waals surface area contributed by atoms with E-state index >= 15 is 0 Å². The zero-order valence-corrected chi connectivity index (χ0v) is 15.8. The molecule has 0 aromatic heterocycles. The summed E-state index contributed by atoms with van der Waals surface area (Å²) < 4.78 is 5.42. The van der Waals surface area contributed by atoms with Crippen LogP contribution in [0.25, 0.3) is 6.08 Å². The number of nitrogens with zero attached hydrogens (tertiary/aromatic N) is 2. The van der Waals surface area contributed by atoms with Crippen LogP contribution in [-0.4, -0.2) is 35.8 Å². The summed E-state index contributed by atoms with van der Waals surface area (Å²) in [5.41, 5.74) is 2.11. The largest absolute Gasteiger partial charge is 0.496 e. The van der Waals surface area contributed by atoms with Gasteiger partial charge in [-0.1, -0.05) is 32.1 Å². The molecule has 142 valence electrons. The molecular formula is C21H24N2O4. The molecular weight excluding hydrogens is 344 g/mol. The zero-order chi connectivity index (χ0) is 19.8. The van der Waals surface area contributed by atoms with Crippen LogP contribution in [0.4, 0.5) is 5.69 Å². The van der Waals surface area contributed by atoms with Crippen LogP contribution in [0.1, 0.15) is 35.3 Å². The molecule has 0 heterocycles. The molecule has 2 rings (SSSR count). The monoisotopic (exact) mass is 368 g/mol. The second-order valence-electron chi connectivity index (χ2n) is 6.04. The van der Waals surface area contributed by atoms with E-state index in [-0.39, 0.29) is 11.5 Å². The third-order valence-electron chi connectivity index (χ3n) is 4.36. The van der Waals surface area contributed by atoms with E-state index in [2.05, 4.69) is 18.7 Å². The Labute approximate surface area is 159 Å². The molecule has 0 fully saturated rings. The van der Waals surface area contributed by atoms with Crippen LogP contribution in [0, 0.1) is 10.1 Å². The average Bonchev–Trinajstić information content (AvgIpc) is 2.70. The first-order chi connectivity index (χ1) is 13.0. The highest BCUT2D eigenvalue weighted by Crippen LogP contribution is 2.22. The van der Waals surface area contributed by atoms with Crippen LogP contribution in [-0.2, 0) is 6.54 Å². The molecule has 2 aromatic rings. The van der Waals surface area contributed by atoms with Crippen molar-refractivity contribution in [1.29, 1.82) is 0 Å². The lowest BCUT2D eigenvalue weighted by Gasteiger charge is -2.20. The fourth-order valence-corrected chi connectivity index (χ4v) is 2.75. The average molecular weight is 368 g/mol. The first-order valence-electron chi connectivity index (χ1n) is 8.84. The highest BCUT2D eigenvalue weighted by Gasteiger charge is 2.11. The number of carbonyl (C=O) groups is 1. The molecule has 0 saturated carbocycles. The van der Waals surface area contributed by atoms with Gasteiger partial charge in [-0.15, -0.1) is 0 Å². The van der Waals surface area contributed by atoms with Crippen LogP contribution in [0.2, 0.25) is 0 Å². The summed E-state index contributed by atoms with van der Waals surface area (Å²) in [6.45, 7) is 6.69. The number of benzene rings is 2. The quantitative estimate of drug-likeness (QED) is 0.285. The van der Waals surface area contributed by atoms with E-state index in [1.165, 1.54) is 18.2 Å². The molecule has 0 N–H and O–H groups in total. The molecule has 0 atom stereocenters. The van der Waals surface area contributed by atoms with Crippen molar-refractivity contribution in [2.24, 2.45) is 0 Å². The van der Waals surface area contributed by atoms with E-state index in [9.17, 15) is 14.9 Å². The molecule has 0 aliphatic heterocycles. The summed E-state index contributed by atoms with van der Waals surface area (Å²) in [4.78, 5) is 25.2. The molecule has 0 radical (unpaired) electrons. The van der Waals surface area contributed by atoms with E-state index in [1.807, 2.05) is 6.07 Å². The van der Waals surface area contributed by atoms with Gasteiger partial charge in [0.05, 0.1) is 12.0 Å². The van der Waals surface area contributed by atoms with E-state index in [0.29, 0.717) is 17.7 Å². The van der Waals surface area contributed by atoms with E-state index in [0.717, 1.165) is 24.4 Å². The van der Waals surface area contributed by atoms with Gasteiger partial charge in [-0.05, 0) is 42.9 Å². The van der Waals surface area contributed by atoms with Gasteiger partial charge in [0, 0.05) is 29.8 Å². The van der Waals surface area contributed by atoms with Gasteiger partial charge in [0.25, 0.3) is 5.69 Å². The van der Waals surface area contributed by atoms with Crippen LogP contribution in [0.5, 0.6) is 5.75 Å². The molecule has 27 heavy (non-hydrogen) atoms. The maximum atomic E-state index is 12.5. The number of methoxy groups -OCH3 is 1. The second kappa shape index (κ2) is 9.64. The summed E-state index contributed by atoms with van der Waals surface area (Å²) in [5, 5.41) is 10.8. The summed E-state index contributed by atoms with van der Waals surface area (Å²) in [6, 6.07) is 11.5. The maximum Gasteiger partial charge on any atom is 0.270 e. The lowest BCUT2D eigenvalue weighted by atomic mass is 10.0. The SMILES string of the molecule is CCN(CC)Cc1cc(C(=O)/C=C/c2cccc([N+](=O)[O-])c2)ccc1OC. The fourth-order valence-electron chi connectivity index (χ4n) is 2.75. The van der Waals surface area contributed by atoms with Crippen molar-refractivity contribution in [2.75, 3.05) is 20.2 Å². The van der Waals surface area contributed by atoms with Crippen molar-refractivity contribution >= 4 is 17.5 Å². The Balaban J connectivity index is 2.23. The van der Waals surface area contributed by atoms with Crippen molar-refractivity contribution in [3.8, 4) is 5.75 Å². The summed E-state index contributed by atoms with van der Waals surface area (Å²) in [7, 11) is 1.62. The third kappa shape index (κ3) is 5.49. The molecule has 6 nitrogen and oxygen atoms in total. The van der Waals surface area contributed by atoms with Crippen LogP contribution in [0.3, 0.4) is 0 Å². The number of hydrogen-bond donors (Lipinski definition) is 0. The van der Waals surface area contributed by atoms with Crippen LogP contribution < -0.4 is 4.74 Å². The van der Waals surface area contributed by atoms with E-state index in [1.54, 1.807) is 37.5 Å². The Morgan fingerprint density at radius 2 is 1.93 bits per heavy atom. The molecule has 6 heteroatoms. The van der Waals surface area contributed by atoms with Crippen molar-refractivity contribution in [2.45, 2.75) is 20.4 Å². The topological polar surface area (TPSA) is 72.7 Å². The number of hydrogen-bond acceptors (Lipinski definition) is 5. The molecule has 0 aliphatic carbocycles. The molecule has 0 spiro atoms. The lowest BCUT2D eigenvalue weighted by Crippen LogP contribution is -2.22. The van der Waals surface area contributed by atoms with Gasteiger partial charge >= 0.3 is 0 Å². The van der Waals surface area contributed by atoms with Crippen molar-refractivity contribution in [1.82, 2.24) is 4.90 Å². The highest BCUT2D eigenvalue weighted by atomic mass is 16.6. The standard InChI is InChI=1S/C21H24N2O4/c1-4-22(5-2)15-18-14-17(10-12-21(18)27-3)20(24)11-9-16-7-6-8-19(13-16)23(25)26/h6-14H,4-5,15H2,1-3H3/b11-9+. The first kappa shape index (κ1) is 20.3. The van der Waals surface area contributed by atoms with Gasteiger partial charge in [-0.3, -0.25) is 19.8 Å². The Morgan fingerprint density at radius 3 is 2.56 bits per heavy atom. The molecule has 0 saturated heterocycles. The summed E-state index contributed by atoms with van der Waals surface area (Å²) in [5.74, 6) is 0.589. The Morgan fingerprint density at radius 1 is 1.19 bits per heavy atom. The van der Waals surface area contributed by atoms with Crippen LogP contribution in [0.15, 0.2) is 48.5 Å². The minimum absolute atomic E-state index is 0.00412. The Kier molecular flexibility index (Phi) is 7.25. The number of nitro groups is 1. The minimum atomic E-state index is -0.456. The number of rotatable bonds is 9. The number of ether oxygens (including phenoxy) is 1. The maximum absolute atomic E-state index is 12.5. The normalized spacial score (nSPS) is 11.1. The van der Waals surface area contributed by atoms with E-state index < -0.39 is 4.92 Å². The highest BCUT2D eigenvalue weighted by molar-refractivity contribution is 6.07. The smallest absolute Gasteiger partial charge is 0.270 e. The summed E-state index contributed by atoms with van der Waals surface area (Å²) >= 11 is 0. The van der Waals surface area contributed by atoms with Gasteiger partial charge in [-0.2, -0.15) is 0 Å². The molecule has 0 unspecified atom stereocenters. The van der Waals surface area contributed by atoms with E-state index in [4.69, 9.17) is 4.74 Å². The van der Waals surface area contributed by atoms with Crippen molar-refractivity contribution in [3.63, 3.8) is 0 Å². The number of nitro benzene ring substituents is 1. The minimum Gasteiger partial charge on any atom is -0.496 e. The zero-order valence-electron chi connectivity index (χ0n) is 15.8. The Hall–Kier alpha value is -2.99. The summed E-state index contributed by atoms with van der Waals surface area (Å²) in [6.07, 6.45) is 3.02. The second-order valence-corrected chi connectivity index (χ2v) is 6.04. The molecule has 0 amide bonds. The Bertz CT molecular complexity index is 842. The molecule has 0 aliphatic rings. The molecule has 0 bridgehead atoms. The predicted molar refractivity (Wildman–Crippen MR) is 106 cm³/mol. The predicted octanol–water partition coefficient (Wildman–Crippen LogP) is 4.34. The van der Waals surface area contributed by atoms with Gasteiger partial charge < -0.3 is 4.74 Å². The van der Waals surface area contributed by atoms with Gasteiger partial charge in [0.1, 0.15) is 5.75 Å². The van der Waals surface area contributed by atoms with Crippen molar-refractivity contribution < 1.29 is 14.5 Å². The number of allylic oxidation sites excluding steroid dienone is 1. The van der Waals surface area contributed by atoms with Crippen LogP contribution >= 0.6 is 0 Å². The lowest BCUT2D eigenvalue weighted by molar-refractivity contribution is -0.384. The first-order valence-corrected chi connectivity index (χ1v) is 8.84. The number of non-ortho nitro benzene ring substituents is 1. The van der Waals surface area contributed by atoms with Gasteiger partial charge in [-0.25, -0.2) is 0 Å². The third-order valence-corrected chi connectivity index (χ3v) is 4.36. The molecule has 2 aromatic carbocycles. The fraction of sp³-hybridized carbons (Fsp3) is 0.286.